The number of benzene rings is 1. The molecule has 1 aromatic heterocycles. The van der Waals surface area contributed by atoms with Crippen molar-refractivity contribution in [2.24, 2.45) is 5.92 Å². The molecule has 2 heterocycles. The van der Waals surface area contributed by atoms with E-state index in [1.807, 2.05) is 0 Å². The molecule has 0 N–H and O–H groups in total. The molecule has 1 fully saturated rings. The molecule has 1 saturated heterocycles. The molecule has 1 aromatic carbocycles. The van der Waals surface area contributed by atoms with Gasteiger partial charge in [0.15, 0.2) is 12.4 Å². The Morgan fingerprint density at radius 2 is 1.92 bits per heavy atom. The highest BCUT2D eigenvalue weighted by Crippen LogP contribution is 2.23. The minimum atomic E-state index is -3.52. The number of nitrogens with zero attached hydrogens (tertiary/aromatic N) is 2. The third kappa shape index (κ3) is 4.13. The van der Waals surface area contributed by atoms with Crippen molar-refractivity contribution in [2.45, 2.75) is 38.2 Å². The van der Waals surface area contributed by atoms with E-state index in [0.717, 1.165) is 12.8 Å². The fourth-order valence-corrected chi connectivity index (χ4v) is 4.31. The van der Waals surface area contributed by atoms with Crippen LogP contribution in [0.25, 0.3) is 0 Å². The number of sulfonamides is 1. The summed E-state index contributed by atoms with van der Waals surface area (Å²) in [5.41, 5.74) is 0.991. The zero-order chi connectivity index (χ0) is 18.7. The van der Waals surface area contributed by atoms with Crippen molar-refractivity contribution < 1.29 is 22.5 Å². The molecule has 0 spiro atoms. The van der Waals surface area contributed by atoms with Gasteiger partial charge in [-0.05, 0) is 49.9 Å². The smallest absolute Gasteiger partial charge is 0.338 e. The van der Waals surface area contributed by atoms with Gasteiger partial charge in [-0.15, -0.1) is 0 Å². The summed E-state index contributed by atoms with van der Waals surface area (Å²) < 4.78 is 37.0. The summed E-state index contributed by atoms with van der Waals surface area (Å²) in [6.45, 7) is 4.95. The lowest BCUT2D eigenvalue weighted by Crippen LogP contribution is -2.37. The van der Waals surface area contributed by atoms with E-state index in [9.17, 15) is 13.2 Å². The summed E-state index contributed by atoms with van der Waals surface area (Å²) in [7, 11) is -3.52. The van der Waals surface area contributed by atoms with Gasteiger partial charge in [-0.25, -0.2) is 13.2 Å². The average Bonchev–Trinajstić information content (AvgIpc) is 3.05. The second-order valence-electron chi connectivity index (χ2n) is 6.62. The largest absolute Gasteiger partial charge is 0.454 e. The van der Waals surface area contributed by atoms with Crippen LogP contribution < -0.4 is 0 Å². The summed E-state index contributed by atoms with van der Waals surface area (Å²) >= 11 is 0. The molecular weight excluding hydrogens is 356 g/mol. The number of rotatable bonds is 5. The van der Waals surface area contributed by atoms with Crippen LogP contribution in [-0.2, 0) is 21.4 Å². The van der Waals surface area contributed by atoms with Crippen molar-refractivity contribution in [1.29, 1.82) is 0 Å². The molecule has 0 radical (unpaired) electrons. The van der Waals surface area contributed by atoms with Crippen molar-refractivity contribution in [3.8, 4) is 0 Å². The quantitative estimate of drug-likeness (QED) is 0.743. The van der Waals surface area contributed by atoms with Crippen molar-refractivity contribution >= 4 is 16.0 Å². The Kier molecular flexibility index (Phi) is 5.43. The monoisotopic (exact) mass is 378 g/mol. The Bertz CT molecular complexity index is 865. The summed E-state index contributed by atoms with van der Waals surface area (Å²) in [4.78, 5) is 12.3. The lowest BCUT2D eigenvalue weighted by molar-refractivity contribution is 0.0437. The van der Waals surface area contributed by atoms with Crippen LogP contribution in [0.1, 0.15) is 41.6 Å². The van der Waals surface area contributed by atoms with E-state index in [0.29, 0.717) is 30.5 Å². The van der Waals surface area contributed by atoms with Gasteiger partial charge in [-0.2, -0.15) is 4.31 Å². The van der Waals surface area contributed by atoms with Crippen LogP contribution in [0.3, 0.4) is 0 Å². The molecule has 0 unspecified atom stereocenters. The first-order chi connectivity index (χ1) is 12.4. The second-order valence-corrected chi connectivity index (χ2v) is 8.56. The number of ether oxygens (including phenoxy) is 1. The number of aromatic nitrogens is 1. The predicted molar refractivity (Wildman–Crippen MR) is 94.0 cm³/mol. The molecule has 7 nitrogen and oxygen atoms in total. The molecule has 26 heavy (non-hydrogen) atoms. The third-order valence-corrected chi connectivity index (χ3v) is 6.41. The summed E-state index contributed by atoms with van der Waals surface area (Å²) in [5, 5.41) is 3.72. The molecule has 1 aliphatic heterocycles. The van der Waals surface area contributed by atoms with Crippen LogP contribution in [-0.4, -0.2) is 36.9 Å². The van der Waals surface area contributed by atoms with Gasteiger partial charge in [0, 0.05) is 19.2 Å². The number of aryl methyl sites for hydroxylation is 1. The molecule has 8 heteroatoms. The fourth-order valence-electron chi connectivity index (χ4n) is 2.84. The first kappa shape index (κ1) is 18.6. The normalized spacial score (nSPS) is 16.5. The van der Waals surface area contributed by atoms with Crippen LogP contribution in [0.4, 0.5) is 0 Å². The lowest BCUT2D eigenvalue weighted by atomic mass is 10.0. The molecule has 3 rings (SSSR count). The van der Waals surface area contributed by atoms with Crippen molar-refractivity contribution in [2.75, 3.05) is 13.1 Å². The van der Waals surface area contributed by atoms with Gasteiger partial charge >= 0.3 is 5.97 Å². The number of piperidine rings is 1. The summed E-state index contributed by atoms with van der Waals surface area (Å²) in [6.07, 6.45) is 1.73. The van der Waals surface area contributed by atoms with E-state index in [4.69, 9.17) is 9.26 Å². The Hall–Kier alpha value is -2.19. The first-order valence-corrected chi connectivity index (χ1v) is 10.00. The standard InChI is InChI=1S/C18H22N2O5S/c1-13-7-9-20(10-8-13)26(22,23)17-5-3-15(4-6-17)18(21)24-12-16-11-14(2)19-25-16/h3-6,11,13H,7-10,12H2,1-2H3. The zero-order valence-electron chi connectivity index (χ0n) is 14.8. The first-order valence-electron chi connectivity index (χ1n) is 8.56. The number of hydrogen-bond acceptors (Lipinski definition) is 6. The van der Waals surface area contributed by atoms with Crippen molar-refractivity contribution in [3.05, 3.63) is 47.3 Å². The highest BCUT2D eigenvalue weighted by molar-refractivity contribution is 7.89. The summed E-state index contributed by atoms with van der Waals surface area (Å²) in [5.74, 6) is 0.455. The van der Waals surface area contributed by atoms with Crippen LogP contribution >= 0.6 is 0 Å². The molecule has 2 aromatic rings. The maximum Gasteiger partial charge on any atom is 0.338 e. The van der Waals surface area contributed by atoms with E-state index in [1.165, 1.54) is 28.6 Å². The van der Waals surface area contributed by atoms with E-state index in [2.05, 4.69) is 12.1 Å². The van der Waals surface area contributed by atoms with E-state index in [-0.39, 0.29) is 17.1 Å². The topological polar surface area (TPSA) is 89.7 Å². The Morgan fingerprint density at radius 3 is 2.50 bits per heavy atom. The van der Waals surface area contributed by atoms with Crippen molar-refractivity contribution in [1.82, 2.24) is 9.46 Å². The number of carbonyl (C=O) groups excluding carboxylic acids is 1. The molecule has 0 amide bonds. The van der Waals surface area contributed by atoms with Gasteiger partial charge in [0.1, 0.15) is 0 Å². The van der Waals surface area contributed by atoms with Crippen LogP contribution in [0.2, 0.25) is 0 Å². The van der Waals surface area contributed by atoms with Crippen molar-refractivity contribution in [3.63, 3.8) is 0 Å². The van der Waals surface area contributed by atoms with Gasteiger partial charge in [0.25, 0.3) is 0 Å². The lowest BCUT2D eigenvalue weighted by Gasteiger charge is -2.29. The number of carbonyl (C=O) groups is 1. The van der Waals surface area contributed by atoms with Gasteiger partial charge in [0.05, 0.1) is 16.2 Å². The molecular formula is C18H22N2O5S. The molecule has 0 aliphatic carbocycles. The Labute approximate surface area is 153 Å². The van der Waals surface area contributed by atoms with E-state index >= 15 is 0 Å². The highest BCUT2D eigenvalue weighted by Gasteiger charge is 2.28. The minimum Gasteiger partial charge on any atom is -0.454 e. The average molecular weight is 378 g/mol. The Balaban J connectivity index is 1.64. The summed E-state index contributed by atoms with van der Waals surface area (Å²) in [6, 6.07) is 7.51. The fraction of sp³-hybridized carbons (Fsp3) is 0.444. The third-order valence-electron chi connectivity index (χ3n) is 4.49. The number of esters is 1. The molecule has 140 valence electrons. The maximum absolute atomic E-state index is 12.7. The van der Waals surface area contributed by atoms with Gasteiger partial charge in [0.2, 0.25) is 10.0 Å². The second kappa shape index (κ2) is 7.59. The number of hydrogen-bond donors (Lipinski definition) is 0. The van der Waals surface area contributed by atoms with Crippen LogP contribution in [0.5, 0.6) is 0 Å². The Morgan fingerprint density at radius 1 is 1.27 bits per heavy atom. The van der Waals surface area contributed by atoms with Gasteiger partial charge < -0.3 is 9.26 Å². The van der Waals surface area contributed by atoms with E-state index in [1.54, 1.807) is 13.0 Å². The molecule has 0 atom stereocenters. The minimum absolute atomic E-state index is 0.0221. The molecule has 0 bridgehead atoms. The zero-order valence-corrected chi connectivity index (χ0v) is 15.7. The van der Waals surface area contributed by atoms with Gasteiger partial charge in [-0.1, -0.05) is 12.1 Å². The van der Waals surface area contributed by atoms with Crippen LogP contribution in [0, 0.1) is 12.8 Å². The SMILES string of the molecule is Cc1cc(COC(=O)c2ccc(S(=O)(=O)N3CCC(C)CC3)cc2)on1. The van der Waals surface area contributed by atoms with Crippen LogP contribution in [0.15, 0.2) is 39.8 Å². The maximum atomic E-state index is 12.7. The molecule has 1 aliphatic rings. The van der Waals surface area contributed by atoms with E-state index < -0.39 is 16.0 Å². The predicted octanol–water partition coefficient (Wildman–Crippen LogP) is 2.76. The molecule has 0 saturated carbocycles. The highest BCUT2D eigenvalue weighted by atomic mass is 32.2. The van der Waals surface area contributed by atoms with Gasteiger partial charge in [-0.3, -0.25) is 0 Å².